The molecule has 1 aliphatic heterocycles. The van der Waals surface area contributed by atoms with Gasteiger partial charge in [-0.3, -0.25) is 4.57 Å². The summed E-state index contributed by atoms with van der Waals surface area (Å²) in [4.78, 5) is 2.30. The van der Waals surface area contributed by atoms with E-state index >= 15 is 0 Å². The van der Waals surface area contributed by atoms with Crippen molar-refractivity contribution in [2.75, 3.05) is 0 Å². The van der Waals surface area contributed by atoms with Crippen LogP contribution in [-0.2, 0) is 0 Å². The minimum Gasteiger partial charge on any atom is -0.276 e. The van der Waals surface area contributed by atoms with E-state index in [4.69, 9.17) is 0 Å². The normalized spacial score (nSPS) is 13.6. The second-order valence-corrected chi connectivity index (χ2v) is 6.45. The van der Waals surface area contributed by atoms with Crippen molar-refractivity contribution in [2.24, 2.45) is 0 Å². The number of allylic oxidation sites excluding steroid dienone is 2. The van der Waals surface area contributed by atoms with Gasteiger partial charge in [-0.15, -0.1) is 21.5 Å². The maximum atomic E-state index is 4.34. The molecule has 0 spiro atoms. The average molecular weight is 309 g/mol. The molecule has 3 nitrogen and oxygen atoms in total. The molecule has 0 radical (unpaired) electrons. The number of thiophene rings is 1. The molecule has 0 bridgehead atoms. The van der Waals surface area contributed by atoms with E-state index in [0.717, 1.165) is 15.9 Å². The summed E-state index contributed by atoms with van der Waals surface area (Å²) in [7, 11) is 0. The molecule has 1 aliphatic rings. The van der Waals surface area contributed by atoms with Gasteiger partial charge in [0.2, 0.25) is 0 Å². The molecular weight excluding hydrogens is 298 g/mol. The molecule has 0 amide bonds. The third-order valence-electron chi connectivity index (χ3n) is 3.15. The zero-order valence-corrected chi connectivity index (χ0v) is 12.6. The second kappa shape index (κ2) is 5.35. The topological polar surface area (TPSA) is 30.7 Å². The molecule has 0 atom stereocenters. The summed E-state index contributed by atoms with van der Waals surface area (Å²) in [5.74, 6) is 0.895. The third-order valence-corrected chi connectivity index (χ3v) is 5.07. The molecule has 0 aliphatic carbocycles. The van der Waals surface area contributed by atoms with E-state index < -0.39 is 0 Å². The van der Waals surface area contributed by atoms with E-state index in [-0.39, 0.29) is 0 Å². The summed E-state index contributed by atoms with van der Waals surface area (Å²) >= 11 is 3.32. The number of hydrogen-bond acceptors (Lipinski definition) is 4. The quantitative estimate of drug-likeness (QED) is 0.692. The predicted molar refractivity (Wildman–Crippen MR) is 88.9 cm³/mol. The molecule has 0 unspecified atom stereocenters. The molecule has 3 aromatic rings. The first-order valence-corrected chi connectivity index (χ1v) is 8.22. The van der Waals surface area contributed by atoms with Crippen LogP contribution in [0.5, 0.6) is 0 Å². The summed E-state index contributed by atoms with van der Waals surface area (Å²) in [6.07, 6.45) is 6.19. The van der Waals surface area contributed by atoms with Gasteiger partial charge in [0.1, 0.15) is 0 Å². The van der Waals surface area contributed by atoms with Crippen LogP contribution in [0.2, 0.25) is 0 Å². The van der Waals surface area contributed by atoms with Gasteiger partial charge >= 0.3 is 0 Å². The van der Waals surface area contributed by atoms with Gasteiger partial charge in [-0.2, -0.15) is 0 Å². The molecule has 4 rings (SSSR count). The number of hydrogen-bond donors (Lipinski definition) is 0. The number of nitrogens with zero attached hydrogens (tertiary/aromatic N) is 3. The molecule has 2 aromatic heterocycles. The Morgan fingerprint density at radius 1 is 0.952 bits per heavy atom. The lowest BCUT2D eigenvalue weighted by Crippen LogP contribution is -1.91. The van der Waals surface area contributed by atoms with Crippen molar-refractivity contribution in [2.45, 2.75) is 5.16 Å². The highest BCUT2D eigenvalue weighted by atomic mass is 32.2. The first-order chi connectivity index (χ1) is 10.4. The van der Waals surface area contributed by atoms with Gasteiger partial charge in [-0.05, 0) is 40.9 Å². The molecule has 5 heteroatoms. The summed E-state index contributed by atoms with van der Waals surface area (Å²) in [5.41, 5.74) is 1.20. The average Bonchev–Trinajstić information content (AvgIpc) is 3.13. The van der Waals surface area contributed by atoms with Crippen LogP contribution >= 0.6 is 23.1 Å². The fourth-order valence-electron chi connectivity index (χ4n) is 2.16. The van der Waals surface area contributed by atoms with Crippen molar-refractivity contribution in [3.8, 4) is 10.7 Å². The van der Waals surface area contributed by atoms with Gasteiger partial charge in [0, 0.05) is 11.1 Å². The Kier molecular flexibility index (Phi) is 3.21. The number of thioether (sulfide) groups is 1. The second-order valence-electron chi connectivity index (χ2n) is 4.49. The molecule has 3 heterocycles. The third kappa shape index (κ3) is 2.34. The van der Waals surface area contributed by atoms with Crippen molar-refractivity contribution in [1.82, 2.24) is 14.8 Å². The van der Waals surface area contributed by atoms with Crippen LogP contribution < -0.4 is 0 Å². The summed E-state index contributed by atoms with van der Waals surface area (Å²) in [6.45, 7) is 0. The Morgan fingerprint density at radius 3 is 2.67 bits per heavy atom. The zero-order valence-electron chi connectivity index (χ0n) is 11.0. The van der Waals surface area contributed by atoms with E-state index in [2.05, 4.69) is 39.9 Å². The van der Waals surface area contributed by atoms with Crippen molar-refractivity contribution in [3.05, 3.63) is 65.6 Å². The highest BCUT2D eigenvalue weighted by Crippen LogP contribution is 2.37. The van der Waals surface area contributed by atoms with Gasteiger partial charge < -0.3 is 0 Å². The van der Waals surface area contributed by atoms with E-state index in [0.29, 0.717) is 0 Å². The standard InChI is InChI=1S/C16H11N3S2/c1-2-6-12(7-3-1)13-8-4-10-19-15(14-9-5-11-20-14)17-18-16(19)21-13/h1-11H. The summed E-state index contributed by atoms with van der Waals surface area (Å²) in [5, 5.41) is 11.6. The first-order valence-electron chi connectivity index (χ1n) is 6.52. The van der Waals surface area contributed by atoms with Crippen LogP contribution in [0.4, 0.5) is 0 Å². The Labute approximate surface area is 130 Å². The minimum atomic E-state index is 0.891. The number of rotatable bonds is 2. The zero-order chi connectivity index (χ0) is 14.1. The molecule has 21 heavy (non-hydrogen) atoms. The monoisotopic (exact) mass is 309 g/mol. The number of benzene rings is 1. The van der Waals surface area contributed by atoms with E-state index in [1.54, 1.807) is 23.1 Å². The Morgan fingerprint density at radius 2 is 1.86 bits per heavy atom. The lowest BCUT2D eigenvalue weighted by atomic mass is 10.2. The maximum absolute atomic E-state index is 4.34. The van der Waals surface area contributed by atoms with Gasteiger partial charge in [0.25, 0.3) is 0 Å². The summed E-state index contributed by atoms with van der Waals surface area (Å²) < 4.78 is 2.04. The highest BCUT2D eigenvalue weighted by Gasteiger charge is 2.17. The molecule has 102 valence electrons. The van der Waals surface area contributed by atoms with Crippen molar-refractivity contribution in [1.29, 1.82) is 0 Å². The minimum absolute atomic E-state index is 0.891. The molecule has 0 saturated carbocycles. The van der Waals surface area contributed by atoms with Crippen LogP contribution in [0, 0.1) is 0 Å². The lowest BCUT2D eigenvalue weighted by Gasteiger charge is -2.04. The largest absolute Gasteiger partial charge is 0.276 e. The fourth-order valence-corrected chi connectivity index (χ4v) is 3.79. The summed E-state index contributed by atoms with van der Waals surface area (Å²) in [6, 6.07) is 14.4. The highest BCUT2D eigenvalue weighted by molar-refractivity contribution is 8.08. The number of aromatic nitrogens is 3. The van der Waals surface area contributed by atoms with Crippen LogP contribution in [0.15, 0.2) is 65.2 Å². The first kappa shape index (κ1) is 12.6. The molecule has 1 aromatic carbocycles. The van der Waals surface area contributed by atoms with Crippen LogP contribution in [0.25, 0.3) is 21.8 Å². The molecule has 0 saturated heterocycles. The van der Waals surface area contributed by atoms with Crippen molar-refractivity contribution < 1.29 is 0 Å². The lowest BCUT2D eigenvalue weighted by molar-refractivity contribution is 0.925. The predicted octanol–water partition coefficient (Wildman–Crippen LogP) is 4.62. The molecular formula is C16H11N3S2. The van der Waals surface area contributed by atoms with E-state index in [1.165, 1.54) is 10.5 Å². The Bertz CT molecular complexity index is 815. The van der Waals surface area contributed by atoms with E-state index in [9.17, 15) is 0 Å². The van der Waals surface area contributed by atoms with E-state index in [1.807, 2.05) is 41.1 Å². The van der Waals surface area contributed by atoms with Crippen LogP contribution in [-0.4, -0.2) is 14.8 Å². The van der Waals surface area contributed by atoms with Gasteiger partial charge in [0.05, 0.1) is 4.88 Å². The van der Waals surface area contributed by atoms with Crippen molar-refractivity contribution in [3.63, 3.8) is 0 Å². The van der Waals surface area contributed by atoms with Gasteiger partial charge in [-0.25, -0.2) is 0 Å². The van der Waals surface area contributed by atoms with Crippen LogP contribution in [0.3, 0.4) is 0 Å². The molecule has 0 fully saturated rings. The smallest absolute Gasteiger partial charge is 0.200 e. The fraction of sp³-hybridized carbons (Fsp3) is 0. The Hall–Kier alpha value is -2.11. The van der Waals surface area contributed by atoms with Crippen molar-refractivity contribution >= 4 is 34.2 Å². The van der Waals surface area contributed by atoms with Crippen LogP contribution in [0.1, 0.15) is 5.56 Å². The SMILES string of the molecule is C1=Cn2c(nnc2-c2cccs2)SC(c2ccccc2)=C1. The Balaban J connectivity index is 1.74. The number of fused-ring (bicyclic) bond motifs is 1. The van der Waals surface area contributed by atoms with Gasteiger partial charge in [-0.1, -0.05) is 36.4 Å². The molecule has 0 N–H and O–H groups in total. The van der Waals surface area contributed by atoms with Gasteiger partial charge in [0.15, 0.2) is 11.0 Å². The maximum Gasteiger partial charge on any atom is 0.200 e.